The SMILES string of the molecule is CC1c2ccccc2OCOc2ccccc21. The van der Waals surface area contributed by atoms with Gasteiger partial charge in [-0.1, -0.05) is 43.3 Å². The van der Waals surface area contributed by atoms with Crippen LogP contribution in [-0.2, 0) is 0 Å². The quantitative estimate of drug-likeness (QED) is 0.683. The van der Waals surface area contributed by atoms with Crippen molar-refractivity contribution in [1.82, 2.24) is 0 Å². The Hall–Kier alpha value is -1.96. The van der Waals surface area contributed by atoms with Crippen LogP contribution in [-0.4, -0.2) is 6.79 Å². The largest absolute Gasteiger partial charge is 0.457 e. The molecule has 2 aromatic rings. The molecule has 0 unspecified atom stereocenters. The van der Waals surface area contributed by atoms with E-state index < -0.39 is 0 Å². The van der Waals surface area contributed by atoms with Crippen molar-refractivity contribution in [2.24, 2.45) is 0 Å². The number of hydrogen-bond donors (Lipinski definition) is 0. The summed E-state index contributed by atoms with van der Waals surface area (Å²) >= 11 is 0. The lowest BCUT2D eigenvalue weighted by atomic mass is 9.91. The van der Waals surface area contributed by atoms with Gasteiger partial charge in [-0.3, -0.25) is 0 Å². The maximum atomic E-state index is 5.63. The van der Waals surface area contributed by atoms with E-state index >= 15 is 0 Å². The Morgan fingerprint density at radius 3 is 1.82 bits per heavy atom. The Kier molecular flexibility index (Phi) is 2.48. The highest BCUT2D eigenvalue weighted by atomic mass is 16.7. The molecule has 1 heterocycles. The van der Waals surface area contributed by atoms with Crippen molar-refractivity contribution in [2.45, 2.75) is 12.8 Å². The predicted molar refractivity (Wildman–Crippen MR) is 66.5 cm³/mol. The van der Waals surface area contributed by atoms with Crippen LogP contribution >= 0.6 is 0 Å². The molecule has 3 rings (SSSR count). The first-order chi connectivity index (χ1) is 8.36. The van der Waals surface area contributed by atoms with Gasteiger partial charge in [0.05, 0.1) is 0 Å². The average Bonchev–Trinajstić information content (AvgIpc) is 2.37. The maximum absolute atomic E-state index is 5.63. The summed E-state index contributed by atoms with van der Waals surface area (Å²) in [7, 11) is 0. The fraction of sp³-hybridized carbons (Fsp3) is 0.200. The smallest absolute Gasteiger partial charge is 0.230 e. The van der Waals surface area contributed by atoms with Crippen LogP contribution in [0.5, 0.6) is 11.5 Å². The van der Waals surface area contributed by atoms with Crippen LogP contribution in [0.1, 0.15) is 24.0 Å². The van der Waals surface area contributed by atoms with Crippen LogP contribution in [0.25, 0.3) is 0 Å². The number of benzene rings is 2. The van der Waals surface area contributed by atoms with Gasteiger partial charge in [0.2, 0.25) is 6.79 Å². The second-order valence-electron chi connectivity index (χ2n) is 4.20. The monoisotopic (exact) mass is 226 g/mol. The summed E-state index contributed by atoms with van der Waals surface area (Å²) in [5.41, 5.74) is 2.42. The zero-order valence-electron chi connectivity index (χ0n) is 9.72. The Morgan fingerprint density at radius 2 is 1.29 bits per heavy atom. The van der Waals surface area contributed by atoms with Gasteiger partial charge in [0.1, 0.15) is 11.5 Å². The van der Waals surface area contributed by atoms with Crippen molar-refractivity contribution < 1.29 is 9.47 Å². The Bertz CT molecular complexity index is 486. The molecule has 0 bridgehead atoms. The van der Waals surface area contributed by atoms with Crippen LogP contribution < -0.4 is 9.47 Å². The standard InChI is InChI=1S/C15H14O2/c1-11-12-6-2-4-8-14(12)16-10-17-15-9-5-3-7-13(11)15/h2-9,11H,10H2,1H3. The van der Waals surface area contributed by atoms with E-state index in [9.17, 15) is 0 Å². The zero-order chi connectivity index (χ0) is 11.7. The molecule has 0 N–H and O–H groups in total. The van der Waals surface area contributed by atoms with Crippen LogP contribution in [0.4, 0.5) is 0 Å². The van der Waals surface area contributed by atoms with Crippen molar-refractivity contribution in [2.75, 3.05) is 6.79 Å². The molecule has 0 atom stereocenters. The van der Waals surface area contributed by atoms with Crippen LogP contribution in [0.3, 0.4) is 0 Å². The van der Waals surface area contributed by atoms with E-state index in [1.807, 2.05) is 36.4 Å². The molecule has 0 saturated carbocycles. The van der Waals surface area contributed by atoms with E-state index in [0.717, 1.165) is 11.5 Å². The average molecular weight is 226 g/mol. The number of fused-ring (bicyclic) bond motifs is 2. The molecule has 2 nitrogen and oxygen atoms in total. The van der Waals surface area contributed by atoms with Gasteiger partial charge in [-0.05, 0) is 12.1 Å². The molecule has 0 spiro atoms. The molecule has 0 aromatic heterocycles. The summed E-state index contributed by atoms with van der Waals surface area (Å²) in [6.07, 6.45) is 0. The van der Waals surface area contributed by atoms with Gasteiger partial charge in [-0.2, -0.15) is 0 Å². The van der Waals surface area contributed by atoms with Crippen molar-refractivity contribution in [3.63, 3.8) is 0 Å². The molecule has 86 valence electrons. The number of para-hydroxylation sites is 2. The van der Waals surface area contributed by atoms with E-state index in [0.29, 0.717) is 0 Å². The third-order valence-electron chi connectivity index (χ3n) is 3.20. The van der Waals surface area contributed by atoms with Gasteiger partial charge in [0.15, 0.2) is 0 Å². The van der Waals surface area contributed by atoms with E-state index in [1.165, 1.54) is 11.1 Å². The zero-order valence-corrected chi connectivity index (χ0v) is 9.72. The predicted octanol–water partition coefficient (Wildman–Crippen LogP) is 3.57. The van der Waals surface area contributed by atoms with Crippen LogP contribution in [0.15, 0.2) is 48.5 Å². The Morgan fingerprint density at radius 1 is 0.824 bits per heavy atom. The minimum absolute atomic E-state index is 0.265. The second kappa shape index (κ2) is 4.13. The molecule has 17 heavy (non-hydrogen) atoms. The minimum Gasteiger partial charge on any atom is -0.457 e. The molecular weight excluding hydrogens is 212 g/mol. The van der Waals surface area contributed by atoms with Gasteiger partial charge >= 0.3 is 0 Å². The summed E-state index contributed by atoms with van der Waals surface area (Å²) in [5.74, 6) is 2.10. The highest BCUT2D eigenvalue weighted by Gasteiger charge is 2.19. The van der Waals surface area contributed by atoms with Crippen molar-refractivity contribution in [3.05, 3.63) is 59.7 Å². The summed E-state index contributed by atoms with van der Waals surface area (Å²) in [6.45, 7) is 2.44. The number of rotatable bonds is 0. The Balaban J connectivity index is 2.15. The summed E-state index contributed by atoms with van der Waals surface area (Å²) < 4.78 is 11.3. The van der Waals surface area contributed by atoms with Gasteiger partial charge in [0, 0.05) is 17.0 Å². The highest BCUT2D eigenvalue weighted by Crippen LogP contribution is 2.37. The molecule has 2 aromatic carbocycles. The van der Waals surface area contributed by atoms with Gasteiger partial charge < -0.3 is 9.47 Å². The highest BCUT2D eigenvalue weighted by molar-refractivity contribution is 5.47. The van der Waals surface area contributed by atoms with E-state index in [-0.39, 0.29) is 12.7 Å². The van der Waals surface area contributed by atoms with Crippen molar-refractivity contribution in [1.29, 1.82) is 0 Å². The molecule has 2 heteroatoms. The topological polar surface area (TPSA) is 18.5 Å². The van der Waals surface area contributed by atoms with Crippen LogP contribution in [0, 0.1) is 0 Å². The van der Waals surface area contributed by atoms with E-state index in [4.69, 9.17) is 9.47 Å². The second-order valence-corrected chi connectivity index (χ2v) is 4.20. The van der Waals surface area contributed by atoms with Gasteiger partial charge in [0.25, 0.3) is 0 Å². The fourth-order valence-corrected chi connectivity index (χ4v) is 2.26. The lowest BCUT2D eigenvalue weighted by Gasteiger charge is -2.23. The first kappa shape index (κ1) is 10.2. The molecule has 0 fully saturated rings. The summed E-state index contributed by atoms with van der Waals surface area (Å²) in [4.78, 5) is 0. The number of ether oxygens (including phenoxy) is 2. The third-order valence-corrected chi connectivity index (χ3v) is 3.20. The van der Waals surface area contributed by atoms with Crippen LogP contribution in [0.2, 0.25) is 0 Å². The van der Waals surface area contributed by atoms with E-state index in [2.05, 4.69) is 19.1 Å². The molecule has 1 aliphatic heterocycles. The first-order valence-corrected chi connectivity index (χ1v) is 5.79. The maximum Gasteiger partial charge on any atom is 0.230 e. The lowest BCUT2D eigenvalue weighted by molar-refractivity contribution is 0.114. The molecular formula is C15H14O2. The molecule has 0 aliphatic carbocycles. The first-order valence-electron chi connectivity index (χ1n) is 5.79. The van der Waals surface area contributed by atoms with Gasteiger partial charge in [-0.15, -0.1) is 0 Å². The van der Waals surface area contributed by atoms with Crippen molar-refractivity contribution >= 4 is 0 Å². The minimum atomic E-state index is 0.265. The van der Waals surface area contributed by atoms with Crippen molar-refractivity contribution in [3.8, 4) is 11.5 Å². The molecule has 0 saturated heterocycles. The van der Waals surface area contributed by atoms with E-state index in [1.54, 1.807) is 0 Å². The fourth-order valence-electron chi connectivity index (χ4n) is 2.26. The summed E-state index contributed by atoms with van der Waals surface area (Å²) in [5, 5.41) is 0. The Labute approximate surface area is 101 Å². The third kappa shape index (κ3) is 1.76. The van der Waals surface area contributed by atoms with Gasteiger partial charge in [-0.25, -0.2) is 0 Å². The normalized spacial score (nSPS) is 14.6. The molecule has 0 amide bonds. The summed E-state index contributed by atoms with van der Waals surface area (Å²) in [6, 6.07) is 16.3. The lowest BCUT2D eigenvalue weighted by Crippen LogP contribution is -2.13. The number of hydrogen-bond acceptors (Lipinski definition) is 2. The molecule has 1 aliphatic rings. The molecule has 0 radical (unpaired) electrons.